The number of amides is 1. The number of carbonyl (C=O) groups is 2. The van der Waals surface area contributed by atoms with Gasteiger partial charge >= 0.3 is 0 Å². The van der Waals surface area contributed by atoms with Crippen LogP contribution in [0.15, 0.2) is 48.5 Å². The van der Waals surface area contributed by atoms with Crippen LogP contribution in [0.3, 0.4) is 0 Å². The number of halogens is 1. The molecule has 0 saturated heterocycles. The molecule has 0 bridgehead atoms. The maximum absolute atomic E-state index is 12.2. The van der Waals surface area contributed by atoms with Crippen molar-refractivity contribution in [2.24, 2.45) is 0 Å². The van der Waals surface area contributed by atoms with Crippen molar-refractivity contribution in [3.8, 4) is 0 Å². The van der Waals surface area contributed by atoms with Crippen LogP contribution in [0.1, 0.15) is 31.8 Å². The van der Waals surface area contributed by atoms with Gasteiger partial charge in [-0.15, -0.1) is 0 Å². The lowest BCUT2D eigenvalue weighted by Crippen LogP contribution is -2.22. The maximum Gasteiger partial charge on any atom is 0.251 e. The Morgan fingerprint density at radius 1 is 1.19 bits per heavy atom. The number of fused-ring (bicyclic) bond motifs is 1. The highest BCUT2D eigenvalue weighted by molar-refractivity contribution is 9.10. The molecule has 0 aliphatic heterocycles. The third-order valence-corrected chi connectivity index (χ3v) is 4.35. The first-order valence-corrected chi connectivity index (χ1v) is 7.70. The van der Waals surface area contributed by atoms with E-state index in [0.717, 1.165) is 16.7 Å². The van der Waals surface area contributed by atoms with Crippen molar-refractivity contribution in [3.05, 3.63) is 70.8 Å². The lowest BCUT2D eigenvalue weighted by Gasteiger charge is -2.06. The SMILES string of the molecule is O=C(NCc1ccccc1)c1ccc2c(c1)CC(Br)C2=O. The van der Waals surface area contributed by atoms with Crippen molar-refractivity contribution < 1.29 is 9.59 Å². The number of ketones is 1. The van der Waals surface area contributed by atoms with E-state index in [1.165, 1.54) is 0 Å². The van der Waals surface area contributed by atoms with Crippen molar-refractivity contribution in [3.63, 3.8) is 0 Å². The molecular weight excluding hydrogens is 330 g/mol. The van der Waals surface area contributed by atoms with Gasteiger partial charge in [0.25, 0.3) is 5.91 Å². The third kappa shape index (κ3) is 2.90. The largest absolute Gasteiger partial charge is 0.348 e. The molecule has 2 aromatic rings. The van der Waals surface area contributed by atoms with Crippen molar-refractivity contribution in [1.29, 1.82) is 0 Å². The number of carbonyl (C=O) groups excluding carboxylic acids is 2. The summed E-state index contributed by atoms with van der Waals surface area (Å²) in [6.45, 7) is 0.497. The van der Waals surface area contributed by atoms with Gasteiger partial charge in [-0.2, -0.15) is 0 Å². The Labute approximate surface area is 131 Å². The Morgan fingerprint density at radius 2 is 1.95 bits per heavy atom. The first kappa shape index (κ1) is 14.0. The molecule has 0 spiro atoms. The molecule has 1 aliphatic rings. The van der Waals surface area contributed by atoms with Crippen LogP contribution in [-0.2, 0) is 13.0 Å². The standard InChI is InChI=1S/C17H14BrNO2/c18-15-9-13-8-12(6-7-14(13)16(15)20)17(21)19-10-11-4-2-1-3-5-11/h1-8,15H,9-10H2,(H,19,21). The van der Waals surface area contributed by atoms with Crippen LogP contribution < -0.4 is 5.32 Å². The fourth-order valence-corrected chi connectivity index (χ4v) is 3.07. The molecule has 1 N–H and O–H groups in total. The van der Waals surface area contributed by atoms with E-state index in [0.29, 0.717) is 18.5 Å². The van der Waals surface area contributed by atoms with Crippen molar-refractivity contribution >= 4 is 27.6 Å². The van der Waals surface area contributed by atoms with Gasteiger partial charge in [0.15, 0.2) is 5.78 Å². The summed E-state index contributed by atoms with van der Waals surface area (Å²) < 4.78 is 0. The van der Waals surface area contributed by atoms with Crippen LogP contribution in [0.5, 0.6) is 0 Å². The number of Topliss-reactive ketones (excluding diaryl/α,β-unsaturated/α-hetero) is 1. The minimum absolute atomic E-state index is 0.0984. The third-order valence-electron chi connectivity index (χ3n) is 3.61. The molecule has 0 heterocycles. The van der Waals surface area contributed by atoms with Crippen LogP contribution >= 0.6 is 15.9 Å². The number of hydrogen-bond acceptors (Lipinski definition) is 2. The summed E-state index contributed by atoms with van der Waals surface area (Å²) in [4.78, 5) is 23.9. The molecule has 1 amide bonds. The number of benzene rings is 2. The van der Waals surface area contributed by atoms with E-state index in [-0.39, 0.29) is 16.5 Å². The summed E-state index contributed by atoms with van der Waals surface area (Å²) in [5.74, 6) is -0.0200. The van der Waals surface area contributed by atoms with E-state index in [1.54, 1.807) is 12.1 Å². The summed E-state index contributed by atoms with van der Waals surface area (Å²) in [5, 5.41) is 2.89. The Hall–Kier alpha value is -1.94. The Kier molecular flexibility index (Phi) is 3.88. The highest BCUT2D eigenvalue weighted by atomic mass is 79.9. The molecular formula is C17H14BrNO2. The Morgan fingerprint density at radius 3 is 2.71 bits per heavy atom. The molecule has 3 nitrogen and oxygen atoms in total. The first-order valence-electron chi connectivity index (χ1n) is 6.78. The average molecular weight is 344 g/mol. The second kappa shape index (κ2) is 5.82. The molecule has 1 aliphatic carbocycles. The van der Waals surface area contributed by atoms with Gasteiger partial charge in [0, 0.05) is 17.7 Å². The normalized spacial score (nSPS) is 16.6. The van der Waals surface area contributed by atoms with Gasteiger partial charge in [0.05, 0.1) is 4.83 Å². The highest BCUT2D eigenvalue weighted by Gasteiger charge is 2.28. The fraction of sp³-hybridized carbons (Fsp3) is 0.176. The number of hydrogen-bond donors (Lipinski definition) is 1. The van der Waals surface area contributed by atoms with E-state index >= 15 is 0 Å². The zero-order valence-electron chi connectivity index (χ0n) is 11.3. The lowest BCUT2D eigenvalue weighted by atomic mass is 10.1. The minimum atomic E-state index is -0.157. The summed E-state index contributed by atoms with van der Waals surface area (Å²) in [7, 11) is 0. The number of alkyl halides is 1. The van der Waals surface area contributed by atoms with Crippen LogP contribution in [0, 0.1) is 0 Å². The maximum atomic E-state index is 12.2. The van der Waals surface area contributed by atoms with E-state index in [4.69, 9.17) is 0 Å². The molecule has 0 saturated carbocycles. The molecule has 0 aromatic heterocycles. The zero-order chi connectivity index (χ0) is 14.8. The predicted molar refractivity (Wildman–Crippen MR) is 84.8 cm³/mol. The summed E-state index contributed by atoms with van der Waals surface area (Å²) in [6.07, 6.45) is 0.647. The van der Waals surface area contributed by atoms with Gasteiger partial charge in [0.1, 0.15) is 0 Å². The van der Waals surface area contributed by atoms with Crippen LogP contribution in [-0.4, -0.2) is 16.5 Å². The Bertz CT molecular complexity index is 697. The number of rotatable bonds is 3. The fourth-order valence-electron chi connectivity index (χ4n) is 2.48. The van der Waals surface area contributed by atoms with Crippen LogP contribution in [0.4, 0.5) is 0 Å². The quantitative estimate of drug-likeness (QED) is 0.870. The van der Waals surface area contributed by atoms with Gasteiger partial charge < -0.3 is 5.32 Å². The summed E-state index contributed by atoms with van der Waals surface area (Å²) in [5.41, 5.74) is 3.31. The summed E-state index contributed by atoms with van der Waals surface area (Å²) in [6, 6.07) is 15.0. The molecule has 1 atom stereocenters. The molecule has 3 rings (SSSR count). The van der Waals surface area contributed by atoms with E-state index in [1.807, 2.05) is 36.4 Å². The summed E-state index contributed by atoms with van der Waals surface area (Å²) >= 11 is 3.36. The molecule has 106 valence electrons. The molecule has 0 radical (unpaired) electrons. The second-order valence-electron chi connectivity index (χ2n) is 5.08. The van der Waals surface area contributed by atoms with Crippen molar-refractivity contribution in [2.75, 3.05) is 0 Å². The van der Waals surface area contributed by atoms with E-state index in [9.17, 15) is 9.59 Å². The van der Waals surface area contributed by atoms with Gasteiger partial charge in [-0.1, -0.05) is 52.3 Å². The molecule has 21 heavy (non-hydrogen) atoms. The van der Waals surface area contributed by atoms with E-state index in [2.05, 4.69) is 21.2 Å². The van der Waals surface area contributed by atoms with Crippen molar-refractivity contribution in [2.45, 2.75) is 17.8 Å². The van der Waals surface area contributed by atoms with Gasteiger partial charge in [-0.25, -0.2) is 0 Å². The molecule has 2 aromatic carbocycles. The smallest absolute Gasteiger partial charge is 0.251 e. The van der Waals surface area contributed by atoms with Crippen LogP contribution in [0.25, 0.3) is 0 Å². The molecule has 0 fully saturated rings. The lowest BCUT2D eigenvalue weighted by molar-refractivity contribution is 0.0949. The predicted octanol–water partition coefficient (Wildman–Crippen LogP) is 3.12. The van der Waals surface area contributed by atoms with Crippen LogP contribution in [0.2, 0.25) is 0 Å². The first-order chi connectivity index (χ1) is 10.1. The van der Waals surface area contributed by atoms with Crippen molar-refractivity contribution in [1.82, 2.24) is 5.32 Å². The zero-order valence-corrected chi connectivity index (χ0v) is 12.9. The second-order valence-corrected chi connectivity index (χ2v) is 6.18. The molecule has 1 unspecified atom stereocenters. The average Bonchev–Trinajstić information content (AvgIpc) is 2.80. The topological polar surface area (TPSA) is 46.2 Å². The molecule has 4 heteroatoms. The van der Waals surface area contributed by atoms with E-state index < -0.39 is 0 Å². The van der Waals surface area contributed by atoms with Gasteiger partial charge in [0.2, 0.25) is 0 Å². The Balaban J connectivity index is 1.72. The van der Waals surface area contributed by atoms with Gasteiger partial charge in [-0.05, 0) is 29.7 Å². The highest BCUT2D eigenvalue weighted by Crippen LogP contribution is 2.27. The number of nitrogens with one attached hydrogen (secondary N) is 1. The monoisotopic (exact) mass is 343 g/mol. The minimum Gasteiger partial charge on any atom is -0.348 e. The van der Waals surface area contributed by atoms with Gasteiger partial charge in [-0.3, -0.25) is 9.59 Å².